The molecule has 0 amide bonds. The zero-order chi connectivity index (χ0) is 14.7. The van der Waals surface area contributed by atoms with Crippen LogP contribution in [0.5, 0.6) is 0 Å². The van der Waals surface area contributed by atoms with Crippen LogP contribution in [0.4, 0.5) is 24.0 Å². The first-order valence-electron chi connectivity index (χ1n) is 5.46. The molecule has 3 N–H and O–H groups in total. The molecule has 0 saturated carbocycles. The average molecular weight is 317 g/mol. The van der Waals surface area contributed by atoms with Crippen molar-refractivity contribution in [2.75, 3.05) is 23.3 Å². The molecule has 0 unspecified atom stereocenters. The van der Waals surface area contributed by atoms with Gasteiger partial charge in [-0.1, -0.05) is 6.92 Å². The number of alkyl halides is 3. The molecule has 5 nitrogen and oxygen atoms in total. The molecule has 0 atom stereocenters. The summed E-state index contributed by atoms with van der Waals surface area (Å²) in [6.45, 7) is 1.47. The molecule has 0 radical (unpaired) electrons. The van der Waals surface area contributed by atoms with Crippen molar-refractivity contribution in [3.8, 4) is 0 Å². The van der Waals surface area contributed by atoms with Gasteiger partial charge < -0.3 is 11.1 Å². The lowest BCUT2D eigenvalue weighted by molar-refractivity contribution is -0.134. The van der Waals surface area contributed by atoms with Crippen LogP contribution in [0.3, 0.4) is 0 Å². The van der Waals surface area contributed by atoms with Gasteiger partial charge >= 0.3 is 6.18 Å². The minimum Gasteiger partial charge on any atom is -0.382 e. The van der Waals surface area contributed by atoms with Crippen LogP contribution in [0.15, 0.2) is 4.90 Å². The standard InChI is InChI=1S/C9H14F3N3O2S2/c1-2-19(16,17)6-7(13)15-18-8(6)14-5-3-4-9(10,11)12/h14H,2-5H2,1H3,(H2,13,15). The predicted octanol–water partition coefficient (Wildman–Crippen LogP) is 2.27. The van der Waals surface area contributed by atoms with Crippen LogP contribution >= 0.6 is 11.5 Å². The highest BCUT2D eigenvalue weighted by molar-refractivity contribution is 7.91. The molecule has 0 aliphatic heterocycles. The van der Waals surface area contributed by atoms with Crippen LogP contribution in [-0.4, -0.2) is 31.3 Å². The number of nitrogens with zero attached hydrogens (tertiary/aromatic N) is 1. The molecule has 0 spiro atoms. The van der Waals surface area contributed by atoms with Gasteiger partial charge in [0.2, 0.25) is 0 Å². The maximum absolute atomic E-state index is 12.0. The summed E-state index contributed by atoms with van der Waals surface area (Å²) in [6, 6.07) is 0. The SMILES string of the molecule is CCS(=O)(=O)c1c(N)nsc1NCCCC(F)(F)F. The highest BCUT2D eigenvalue weighted by Crippen LogP contribution is 2.32. The van der Waals surface area contributed by atoms with E-state index in [1.165, 1.54) is 6.92 Å². The second-order valence-electron chi connectivity index (χ2n) is 3.77. The summed E-state index contributed by atoms with van der Waals surface area (Å²) in [5.41, 5.74) is 5.48. The van der Waals surface area contributed by atoms with Crippen molar-refractivity contribution in [2.45, 2.75) is 30.8 Å². The summed E-state index contributed by atoms with van der Waals surface area (Å²) in [6.07, 6.45) is -5.29. The number of sulfone groups is 1. The molecule has 1 heterocycles. The Labute approximate surface area is 113 Å². The fraction of sp³-hybridized carbons (Fsp3) is 0.667. The second kappa shape index (κ2) is 5.95. The molecular weight excluding hydrogens is 303 g/mol. The van der Waals surface area contributed by atoms with E-state index < -0.39 is 22.4 Å². The normalized spacial score (nSPS) is 12.6. The van der Waals surface area contributed by atoms with E-state index in [1.807, 2.05) is 0 Å². The van der Waals surface area contributed by atoms with Gasteiger partial charge in [0.15, 0.2) is 15.7 Å². The topological polar surface area (TPSA) is 85.1 Å². The first kappa shape index (κ1) is 16.0. The number of nitrogen functional groups attached to an aromatic ring is 1. The molecule has 1 aromatic rings. The van der Waals surface area contributed by atoms with Crippen molar-refractivity contribution in [3.05, 3.63) is 0 Å². The van der Waals surface area contributed by atoms with Crippen molar-refractivity contribution < 1.29 is 21.6 Å². The molecule has 0 aliphatic carbocycles. The lowest BCUT2D eigenvalue weighted by atomic mass is 10.3. The molecule has 0 saturated heterocycles. The molecule has 0 aromatic carbocycles. The first-order valence-corrected chi connectivity index (χ1v) is 7.88. The highest BCUT2D eigenvalue weighted by Gasteiger charge is 2.27. The van der Waals surface area contributed by atoms with E-state index in [0.717, 1.165) is 11.5 Å². The molecule has 10 heteroatoms. The minimum atomic E-state index is -4.22. The summed E-state index contributed by atoms with van der Waals surface area (Å²) in [5.74, 6) is -0.266. The van der Waals surface area contributed by atoms with Crippen LogP contribution in [0.2, 0.25) is 0 Å². The Morgan fingerprint density at radius 1 is 1.42 bits per heavy atom. The van der Waals surface area contributed by atoms with Crippen molar-refractivity contribution >= 4 is 32.2 Å². The zero-order valence-electron chi connectivity index (χ0n) is 10.1. The van der Waals surface area contributed by atoms with E-state index in [2.05, 4.69) is 9.69 Å². The summed E-state index contributed by atoms with van der Waals surface area (Å²) in [7, 11) is -3.54. The third kappa shape index (κ3) is 4.53. The molecule has 19 heavy (non-hydrogen) atoms. The van der Waals surface area contributed by atoms with Crippen molar-refractivity contribution in [1.29, 1.82) is 0 Å². The Hall–Kier alpha value is -1.03. The minimum absolute atomic E-state index is 0.00732. The fourth-order valence-corrected chi connectivity index (χ4v) is 3.54. The molecule has 0 bridgehead atoms. The van der Waals surface area contributed by atoms with Gasteiger partial charge in [-0.25, -0.2) is 8.42 Å². The first-order chi connectivity index (χ1) is 8.67. The number of hydrogen-bond acceptors (Lipinski definition) is 6. The largest absolute Gasteiger partial charge is 0.389 e. The molecule has 1 rings (SSSR count). The molecule has 1 aromatic heterocycles. The number of hydrogen-bond donors (Lipinski definition) is 2. The van der Waals surface area contributed by atoms with Crippen molar-refractivity contribution in [1.82, 2.24) is 4.37 Å². The smallest absolute Gasteiger partial charge is 0.382 e. The van der Waals surface area contributed by atoms with Crippen molar-refractivity contribution in [3.63, 3.8) is 0 Å². The van der Waals surface area contributed by atoms with E-state index in [4.69, 9.17) is 5.73 Å². The summed E-state index contributed by atoms with van der Waals surface area (Å²) in [4.78, 5) is -0.119. The third-order valence-electron chi connectivity index (χ3n) is 2.29. The summed E-state index contributed by atoms with van der Waals surface area (Å²) >= 11 is 0.830. The average Bonchev–Trinajstić information content (AvgIpc) is 2.65. The van der Waals surface area contributed by atoms with Gasteiger partial charge in [0.1, 0.15) is 9.90 Å². The molecule has 110 valence electrons. The van der Waals surface area contributed by atoms with Gasteiger partial charge in [-0.05, 0) is 18.0 Å². The zero-order valence-corrected chi connectivity index (χ0v) is 11.8. The van der Waals surface area contributed by atoms with Crippen LogP contribution in [-0.2, 0) is 9.84 Å². The van der Waals surface area contributed by atoms with E-state index in [-0.39, 0.29) is 34.4 Å². The van der Waals surface area contributed by atoms with Crippen molar-refractivity contribution in [2.24, 2.45) is 0 Å². The van der Waals surface area contributed by atoms with Gasteiger partial charge in [0.05, 0.1) is 5.75 Å². The number of anilines is 2. The quantitative estimate of drug-likeness (QED) is 0.786. The van der Waals surface area contributed by atoms with Gasteiger partial charge in [0, 0.05) is 13.0 Å². The number of rotatable bonds is 6. The predicted molar refractivity (Wildman–Crippen MR) is 68.0 cm³/mol. The van der Waals surface area contributed by atoms with E-state index in [9.17, 15) is 21.6 Å². The Balaban J connectivity index is 2.71. The Bertz CT molecular complexity index is 525. The number of aromatic nitrogens is 1. The van der Waals surface area contributed by atoms with E-state index in [1.54, 1.807) is 0 Å². The van der Waals surface area contributed by atoms with Gasteiger partial charge in [-0.3, -0.25) is 0 Å². The van der Waals surface area contributed by atoms with Crippen LogP contribution < -0.4 is 11.1 Å². The van der Waals surface area contributed by atoms with Gasteiger partial charge in [-0.15, -0.1) is 0 Å². The maximum Gasteiger partial charge on any atom is 0.389 e. The Morgan fingerprint density at radius 2 is 2.05 bits per heavy atom. The van der Waals surface area contributed by atoms with Crippen LogP contribution in [0.1, 0.15) is 19.8 Å². The lowest BCUT2D eigenvalue weighted by Crippen LogP contribution is -2.12. The number of halogens is 3. The van der Waals surface area contributed by atoms with Gasteiger partial charge in [-0.2, -0.15) is 17.5 Å². The molecule has 0 aliphatic rings. The molecular formula is C9H14F3N3O2S2. The molecule has 0 fully saturated rings. The third-order valence-corrected chi connectivity index (χ3v) is 5.03. The second-order valence-corrected chi connectivity index (χ2v) is 6.76. The highest BCUT2D eigenvalue weighted by atomic mass is 32.2. The maximum atomic E-state index is 12.0. The van der Waals surface area contributed by atoms with E-state index >= 15 is 0 Å². The number of nitrogens with two attached hydrogens (primary N) is 1. The van der Waals surface area contributed by atoms with Crippen LogP contribution in [0, 0.1) is 0 Å². The van der Waals surface area contributed by atoms with Crippen LogP contribution in [0.25, 0.3) is 0 Å². The van der Waals surface area contributed by atoms with Gasteiger partial charge in [0.25, 0.3) is 0 Å². The Morgan fingerprint density at radius 3 is 2.58 bits per heavy atom. The number of nitrogens with one attached hydrogen (secondary N) is 1. The monoisotopic (exact) mass is 317 g/mol. The fourth-order valence-electron chi connectivity index (χ4n) is 1.34. The summed E-state index contributed by atoms with van der Waals surface area (Å²) < 4.78 is 63.1. The van der Waals surface area contributed by atoms with E-state index in [0.29, 0.717) is 0 Å². The Kier molecular flexibility index (Phi) is 5.02. The summed E-state index contributed by atoms with van der Waals surface area (Å²) in [5, 5.41) is 2.84. The lowest BCUT2D eigenvalue weighted by Gasteiger charge is -2.08.